The number of anilines is 1. The summed E-state index contributed by atoms with van der Waals surface area (Å²) >= 11 is 0. The first kappa shape index (κ1) is 13.4. The molecule has 0 N–H and O–H groups in total. The van der Waals surface area contributed by atoms with E-state index in [0.717, 1.165) is 12.1 Å². The Hall–Kier alpha value is -2.09. The summed E-state index contributed by atoms with van der Waals surface area (Å²) in [6.07, 6.45) is 3.50. The molecule has 1 spiro atoms. The number of amides is 1. The van der Waals surface area contributed by atoms with E-state index in [9.17, 15) is 4.79 Å². The Morgan fingerprint density at radius 2 is 1.61 bits per heavy atom. The van der Waals surface area contributed by atoms with Gasteiger partial charge in [0.15, 0.2) is 0 Å². The minimum absolute atomic E-state index is 0.151. The molecule has 2 heteroatoms. The lowest BCUT2D eigenvalue weighted by molar-refractivity contribution is -0.150. The van der Waals surface area contributed by atoms with Gasteiger partial charge < -0.3 is 4.90 Å². The van der Waals surface area contributed by atoms with Gasteiger partial charge in [0.05, 0.1) is 5.41 Å². The van der Waals surface area contributed by atoms with E-state index in [1.54, 1.807) is 0 Å². The van der Waals surface area contributed by atoms with Gasteiger partial charge in [0.1, 0.15) is 0 Å². The van der Waals surface area contributed by atoms with Crippen LogP contribution in [0, 0.1) is 10.8 Å². The summed E-state index contributed by atoms with van der Waals surface area (Å²) in [4.78, 5) is 15.2. The maximum absolute atomic E-state index is 13.3. The van der Waals surface area contributed by atoms with E-state index in [1.807, 2.05) is 18.0 Å². The molecule has 1 heterocycles. The van der Waals surface area contributed by atoms with E-state index in [1.165, 1.54) is 24.0 Å². The van der Waals surface area contributed by atoms with E-state index < -0.39 is 0 Å². The van der Waals surface area contributed by atoms with E-state index >= 15 is 0 Å². The van der Waals surface area contributed by atoms with E-state index in [-0.39, 0.29) is 22.2 Å². The lowest BCUT2D eigenvalue weighted by Gasteiger charge is -2.67. The van der Waals surface area contributed by atoms with Gasteiger partial charge in [0.2, 0.25) is 5.91 Å². The van der Waals surface area contributed by atoms with Crippen molar-refractivity contribution < 1.29 is 4.79 Å². The predicted octanol–water partition coefficient (Wildman–Crippen LogP) is 4.14. The topological polar surface area (TPSA) is 20.3 Å². The Morgan fingerprint density at radius 1 is 0.957 bits per heavy atom. The van der Waals surface area contributed by atoms with Crippen LogP contribution >= 0.6 is 0 Å². The number of carbonyl (C=O) groups is 1. The number of para-hydroxylation sites is 1. The standard InChI is InChI=1S/C21H21NO/c1-19-14-20(12-13-20)21(19,15-8-4-3-5-9-15)16-10-6-7-11-17(16)22(2)18(19)23/h3-11H,12-14H2,1-2H3/t19-,21-/m0/s1. The van der Waals surface area contributed by atoms with Crippen molar-refractivity contribution in [2.45, 2.75) is 31.6 Å². The first-order valence-electron chi connectivity index (χ1n) is 8.50. The van der Waals surface area contributed by atoms with Gasteiger partial charge in [-0.1, -0.05) is 48.5 Å². The van der Waals surface area contributed by atoms with Gasteiger partial charge in [0, 0.05) is 18.2 Å². The summed E-state index contributed by atoms with van der Waals surface area (Å²) in [6.45, 7) is 2.19. The average molecular weight is 303 g/mol. The van der Waals surface area contributed by atoms with Crippen molar-refractivity contribution in [2.75, 3.05) is 11.9 Å². The Balaban J connectivity index is 1.90. The minimum Gasteiger partial charge on any atom is -0.315 e. The van der Waals surface area contributed by atoms with Crippen LogP contribution in [-0.2, 0) is 10.2 Å². The van der Waals surface area contributed by atoms with Crippen LogP contribution in [0.25, 0.3) is 0 Å². The number of fused-ring (bicyclic) bond motifs is 4. The molecule has 2 aromatic rings. The van der Waals surface area contributed by atoms with Gasteiger partial charge in [-0.25, -0.2) is 0 Å². The largest absolute Gasteiger partial charge is 0.315 e. The zero-order chi connectivity index (χ0) is 15.9. The Kier molecular flexibility index (Phi) is 2.25. The summed E-state index contributed by atoms with van der Waals surface area (Å²) in [5, 5.41) is 0. The highest BCUT2D eigenvalue weighted by Crippen LogP contribution is 2.83. The summed E-state index contributed by atoms with van der Waals surface area (Å²) in [6, 6.07) is 19.3. The Morgan fingerprint density at radius 3 is 2.30 bits per heavy atom. The van der Waals surface area contributed by atoms with Gasteiger partial charge >= 0.3 is 0 Å². The van der Waals surface area contributed by atoms with Crippen LogP contribution in [0.3, 0.4) is 0 Å². The number of benzene rings is 2. The SMILES string of the molecule is CN1C(=O)[C@]2(C)CC3(CC3)[C@@]2(c2ccccc2)c2ccccc21. The van der Waals surface area contributed by atoms with Crippen molar-refractivity contribution in [3.05, 3.63) is 65.7 Å². The lowest BCUT2D eigenvalue weighted by Crippen LogP contribution is -2.70. The highest BCUT2D eigenvalue weighted by atomic mass is 16.2. The van der Waals surface area contributed by atoms with Crippen LogP contribution < -0.4 is 4.90 Å². The second-order valence-corrected chi connectivity index (χ2v) is 7.79. The molecule has 2 aromatic carbocycles. The van der Waals surface area contributed by atoms with E-state index in [0.29, 0.717) is 0 Å². The second kappa shape index (κ2) is 3.87. The third-order valence-electron chi connectivity index (χ3n) is 6.82. The smallest absolute Gasteiger partial charge is 0.233 e. The number of hydrogen-bond acceptors (Lipinski definition) is 1. The van der Waals surface area contributed by atoms with Crippen LogP contribution in [0.5, 0.6) is 0 Å². The molecule has 2 atom stereocenters. The molecule has 2 aliphatic carbocycles. The van der Waals surface area contributed by atoms with Crippen molar-refractivity contribution in [1.82, 2.24) is 0 Å². The van der Waals surface area contributed by atoms with Crippen LogP contribution in [0.15, 0.2) is 54.6 Å². The molecule has 116 valence electrons. The Labute approximate surface area is 137 Å². The zero-order valence-corrected chi connectivity index (χ0v) is 13.7. The first-order chi connectivity index (χ1) is 11.1. The predicted molar refractivity (Wildman–Crippen MR) is 91.5 cm³/mol. The first-order valence-corrected chi connectivity index (χ1v) is 8.50. The molecule has 2 saturated carbocycles. The molecule has 1 aliphatic heterocycles. The number of hydrogen-bond donors (Lipinski definition) is 0. The highest BCUT2D eigenvalue weighted by Gasteiger charge is 2.81. The van der Waals surface area contributed by atoms with Crippen LogP contribution in [0.4, 0.5) is 5.69 Å². The fraction of sp³-hybridized carbons (Fsp3) is 0.381. The molecule has 0 bridgehead atoms. The van der Waals surface area contributed by atoms with Crippen LogP contribution in [0.2, 0.25) is 0 Å². The van der Waals surface area contributed by atoms with Crippen LogP contribution in [-0.4, -0.2) is 13.0 Å². The molecule has 0 saturated heterocycles. The summed E-state index contributed by atoms with van der Waals surface area (Å²) < 4.78 is 0. The molecular formula is C21H21NO. The molecule has 3 aliphatic rings. The molecule has 0 radical (unpaired) electrons. The molecule has 1 amide bonds. The third kappa shape index (κ3) is 1.24. The summed E-state index contributed by atoms with van der Waals surface area (Å²) in [5.41, 5.74) is 3.57. The molecule has 0 aromatic heterocycles. The normalized spacial score (nSPS) is 33.0. The molecule has 2 nitrogen and oxygen atoms in total. The van der Waals surface area contributed by atoms with Gasteiger partial charge in [-0.2, -0.15) is 0 Å². The molecular weight excluding hydrogens is 282 g/mol. The van der Waals surface area contributed by atoms with Crippen LogP contribution in [0.1, 0.15) is 37.3 Å². The van der Waals surface area contributed by atoms with Gasteiger partial charge in [0.25, 0.3) is 0 Å². The summed E-state index contributed by atoms with van der Waals surface area (Å²) in [7, 11) is 1.93. The lowest BCUT2D eigenvalue weighted by atomic mass is 9.36. The highest BCUT2D eigenvalue weighted by molar-refractivity contribution is 6.04. The van der Waals surface area contributed by atoms with E-state index in [4.69, 9.17) is 0 Å². The Bertz CT molecular complexity index is 823. The fourth-order valence-electron chi connectivity index (χ4n) is 5.97. The number of nitrogens with zero attached hydrogens (tertiary/aromatic N) is 1. The van der Waals surface area contributed by atoms with Crippen molar-refractivity contribution in [3.8, 4) is 0 Å². The van der Waals surface area contributed by atoms with Crippen molar-refractivity contribution in [1.29, 1.82) is 0 Å². The molecule has 2 fully saturated rings. The number of carbonyl (C=O) groups excluding carboxylic acids is 1. The molecule has 0 unspecified atom stereocenters. The number of rotatable bonds is 1. The van der Waals surface area contributed by atoms with Crippen molar-refractivity contribution >= 4 is 11.6 Å². The van der Waals surface area contributed by atoms with Gasteiger partial charge in [-0.15, -0.1) is 0 Å². The molecule has 5 rings (SSSR count). The monoisotopic (exact) mass is 303 g/mol. The van der Waals surface area contributed by atoms with Crippen molar-refractivity contribution in [2.24, 2.45) is 10.8 Å². The average Bonchev–Trinajstić information content (AvgIpc) is 3.36. The molecule has 23 heavy (non-hydrogen) atoms. The van der Waals surface area contributed by atoms with Crippen molar-refractivity contribution in [3.63, 3.8) is 0 Å². The second-order valence-electron chi connectivity index (χ2n) is 7.79. The maximum Gasteiger partial charge on any atom is 0.233 e. The maximum atomic E-state index is 13.3. The third-order valence-corrected chi connectivity index (χ3v) is 6.82. The van der Waals surface area contributed by atoms with Gasteiger partial charge in [-0.3, -0.25) is 4.79 Å². The quantitative estimate of drug-likeness (QED) is 0.775. The van der Waals surface area contributed by atoms with E-state index in [2.05, 4.69) is 55.5 Å². The summed E-state index contributed by atoms with van der Waals surface area (Å²) in [5.74, 6) is 0.276. The minimum atomic E-state index is -0.325. The zero-order valence-electron chi connectivity index (χ0n) is 13.7. The van der Waals surface area contributed by atoms with Gasteiger partial charge in [-0.05, 0) is 48.8 Å². The fourth-order valence-corrected chi connectivity index (χ4v) is 5.97.